The second-order valence-corrected chi connectivity index (χ2v) is 5.74. The van der Waals surface area contributed by atoms with Crippen molar-refractivity contribution in [3.8, 4) is 5.75 Å². The van der Waals surface area contributed by atoms with Crippen LogP contribution in [0.3, 0.4) is 0 Å². The lowest BCUT2D eigenvalue weighted by molar-refractivity contribution is -0.126. The van der Waals surface area contributed by atoms with E-state index in [0.717, 1.165) is 17.7 Å². The van der Waals surface area contributed by atoms with Crippen LogP contribution in [0.2, 0.25) is 0 Å². The number of amides is 4. The maximum absolute atomic E-state index is 11.8. The second-order valence-electron chi connectivity index (χ2n) is 5.74. The van der Waals surface area contributed by atoms with Crippen LogP contribution < -0.4 is 10.1 Å². The molecule has 0 saturated carbocycles. The van der Waals surface area contributed by atoms with Gasteiger partial charge in [0.15, 0.2) is 0 Å². The molecule has 0 bridgehead atoms. The normalized spacial score (nSPS) is 14.2. The summed E-state index contributed by atoms with van der Waals surface area (Å²) < 4.78 is 5.10. The van der Waals surface area contributed by atoms with E-state index in [2.05, 4.69) is 5.32 Å². The molecular weight excluding hydrogens is 310 g/mol. The molecule has 1 N–H and O–H groups in total. The Bertz CT molecular complexity index is 600. The van der Waals surface area contributed by atoms with Crippen LogP contribution in [-0.4, -0.2) is 61.4 Å². The Morgan fingerprint density at radius 3 is 2.54 bits per heavy atom. The number of methoxy groups -OCH3 is 1. The van der Waals surface area contributed by atoms with Crippen LogP contribution in [0.15, 0.2) is 24.3 Å². The predicted octanol–water partition coefficient (Wildman–Crippen LogP) is 1.03. The molecule has 1 saturated heterocycles. The number of hydrogen-bond donors (Lipinski definition) is 1. The molecule has 1 heterocycles. The molecule has 4 amide bonds. The van der Waals surface area contributed by atoms with Crippen LogP contribution in [0.5, 0.6) is 5.75 Å². The molecule has 0 atom stereocenters. The molecule has 130 valence electrons. The van der Waals surface area contributed by atoms with Crippen LogP contribution in [0.1, 0.15) is 18.4 Å². The van der Waals surface area contributed by atoms with Gasteiger partial charge in [-0.15, -0.1) is 0 Å². The molecule has 7 nitrogen and oxygen atoms in total. The van der Waals surface area contributed by atoms with Gasteiger partial charge in [0, 0.05) is 26.6 Å². The maximum atomic E-state index is 11.8. The van der Waals surface area contributed by atoms with E-state index in [9.17, 15) is 14.4 Å². The zero-order chi connectivity index (χ0) is 17.5. The molecule has 1 aromatic rings. The van der Waals surface area contributed by atoms with E-state index in [-0.39, 0.29) is 30.9 Å². The molecule has 1 aliphatic rings. The van der Waals surface area contributed by atoms with Gasteiger partial charge in [-0.1, -0.05) is 12.1 Å². The van der Waals surface area contributed by atoms with Gasteiger partial charge < -0.3 is 15.0 Å². The highest BCUT2D eigenvalue weighted by Gasteiger charge is 2.32. The van der Waals surface area contributed by atoms with Crippen molar-refractivity contribution in [2.75, 3.05) is 33.8 Å². The summed E-state index contributed by atoms with van der Waals surface area (Å²) in [6, 6.07) is 7.41. The summed E-state index contributed by atoms with van der Waals surface area (Å²) in [4.78, 5) is 37.7. The Morgan fingerprint density at radius 1 is 1.25 bits per heavy atom. The lowest BCUT2D eigenvalue weighted by atomic mass is 10.1. The highest BCUT2D eigenvalue weighted by atomic mass is 16.5. The van der Waals surface area contributed by atoms with E-state index < -0.39 is 0 Å². The van der Waals surface area contributed by atoms with E-state index in [1.54, 1.807) is 14.2 Å². The van der Waals surface area contributed by atoms with Crippen molar-refractivity contribution in [3.05, 3.63) is 29.8 Å². The smallest absolute Gasteiger partial charge is 0.326 e. The molecule has 7 heteroatoms. The highest BCUT2D eigenvalue weighted by Crippen LogP contribution is 2.11. The third-order valence-electron chi connectivity index (χ3n) is 3.91. The number of hydrogen-bond acceptors (Lipinski definition) is 4. The van der Waals surface area contributed by atoms with E-state index in [1.807, 2.05) is 24.3 Å². The maximum Gasteiger partial charge on any atom is 0.326 e. The minimum atomic E-state index is -0.292. The Hall–Kier alpha value is -2.57. The average molecular weight is 333 g/mol. The number of urea groups is 1. The quantitative estimate of drug-likeness (QED) is 0.721. The Morgan fingerprint density at radius 2 is 1.96 bits per heavy atom. The van der Waals surface area contributed by atoms with Gasteiger partial charge in [0.2, 0.25) is 11.8 Å². The number of likely N-dealkylation sites (N-methyl/N-ethyl adjacent to an activating group) is 1. The first kappa shape index (κ1) is 17.8. The van der Waals surface area contributed by atoms with Crippen LogP contribution in [-0.2, 0) is 16.0 Å². The lowest BCUT2D eigenvalue weighted by Crippen LogP contribution is -2.33. The van der Waals surface area contributed by atoms with E-state index >= 15 is 0 Å². The molecule has 0 aliphatic carbocycles. The fourth-order valence-corrected chi connectivity index (χ4v) is 2.51. The summed E-state index contributed by atoms with van der Waals surface area (Å²) in [5.74, 6) is 0.526. The molecule has 0 spiro atoms. The van der Waals surface area contributed by atoms with Gasteiger partial charge in [0.05, 0.1) is 7.11 Å². The topological polar surface area (TPSA) is 79.0 Å². The van der Waals surface area contributed by atoms with E-state index in [1.165, 1.54) is 9.80 Å². The van der Waals surface area contributed by atoms with Crippen LogP contribution >= 0.6 is 0 Å². The van der Waals surface area contributed by atoms with Gasteiger partial charge in [-0.2, -0.15) is 0 Å². The zero-order valence-corrected chi connectivity index (χ0v) is 14.1. The summed E-state index contributed by atoms with van der Waals surface area (Å²) in [6.07, 6.45) is 1.51. The zero-order valence-electron chi connectivity index (χ0n) is 14.1. The number of carbonyl (C=O) groups is 3. The van der Waals surface area contributed by atoms with Crippen molar-refractivity contribution in [2.45, 2.75) is 19.3 Å². The molecule has 1 fully saturated rings. The van der Waals surface area contributed by atoms with Gasteiger partial charge in [0.25, 0.3) is 0 Å². The predicted molar refractivity (Wildman–Crippen MR) is 88.7 cm³/mol. The third-order valence-corrected chi connectivity index (χ3v) is 3.91. The molecule has 24 heavy (non-hydrogen) atoms. The van der Waals surface area contributed by atoms with Crippen molar-refractivity contribution in [1.29, 1.82) is 0 Å². The number of imide groups is 1. The van der Waals surface area contributed by atoms with Crippen molar-refractivity contribution < 1.29 is 19.1 Å². The van der Waals surface area contributed by atoms with Gasteiger partial charge >= 0.3 is 6.03 Å². The van der Waals surface area contributed by atoms with E-state index in [4.69, 9.17) is 4.74 Å². The van der Waals surface area contributed by atoms with Crippen LogP contribution in [0.25, 0.3) is 0 Å². The largest absolute Gasteiger partial charge is 0.497 e. The minimum absolute atomic E-state index is 0.0732. The summed E-state index contributed by atoms with van der Waals surface area (Å²) in [6.45, 7) is 0.955. The monoisotopic (exact) mass is 333 g/mol. The molecule has 1 aliphatic heterocycles. The summed E-state index contributed by atoms with van der Waals surface area (Å²) in [5.41, 5.74) is 1.12. The van der Waals surface area contributed by atoms with Gasteiger partial charge in [-0.25, -0.2) is 4.79 Å². The summed E-state index contributed by atoms with van der Waals surface area (Å²) >= 11 is 0. The summed E-state index contributed by atoms with van der Waals surface area (Å²) in [7, 11) is 3.21. The number of nitrogens with zero attached hydrogens (tertiary/aromatic N) is 2. The molecular formula is C17H23N3O4. The molecule has 0 unspecified atom stereocenters. The van der Waals surface area contributed by atoms with E-state index in [0.29, 0.717) is 19.4 Å². The third kappa shape index (κ3) is 4.71. The first-order valence-electron chi connectivity index (χ1n) is 7.96. The first-order chi connectivity index (χ1) is 11.5. The SMILES string of the molecule is COc1ccc(CCNC(=O)CCCN2C(=O)CN(C)C2=O)cc1. The Labute approximate surface area is 141 Å². The van der Waals surface area contributed by atoms with Crippen molar-refractivity contribution in [3.63, 3.8) is 0 Å². The Kier molecular flexibility index (Phi) is 6.17. The van der Waals surface area contributed by atoms with Gasteiger partial charge in [-0.3, -0.25) is 14.5 Å². The molecule has 1 aromatic carbocycles. The van der Waals surface area contributed by atoms with Crippen molar-refractivity contribution in [1.82, 2.24) is 15.1 Å². The van der Waals surface area contributed by atoms with Gasteiger partial charge in [0.1, 0.15) is 12.3 Å². The van der Waals surface area contributed by atoms with Gasteiger partial charge in [-0.05, 0) is 30.5 Å². The Balaban J connectivity index is 1.63. The first-order valence-corrected chi connectivity index (χ1v) is 7.96. The fourth-order valence-electron chi connectivity index (χ4n) is 2.51. The molecule has 0 radical (unpaired) electrons. The fraction of sp³-hybridized carbons (Fsp3) is 0.471. The highest BCUT2D eigenvalue weighted by molar-refractivity contribution is 6.01. The lowest BCUT2D eigenvalue weighted by Gasteiger charge is -2.13. The summed E-state index contributed by atoms with van der Waals surface area (Å²) in [5, 5.41) is 2.85. The number of nitrogens with one attached hydrogen (secondary N) is 1. The van der Waals surface area contributed by atoms with Crippen molar-refractivity contribution >= 4 is 17.8 Å². The van der Waals surface area contributed by atoms with Crippen LogP contribution in [0.4, 0.5) is 4.79 Å². The standard InChI is InChI=1S/C17H23N3O4/c1-19-12-16(22)20(17(19)23)11-3-4-15(21)18-10-9-13-5-7-14(24-2)8-6-13/h5-8H,3-4,9-12H2,1-2H3,(H,18,21). The number of benzene rings is 1. The molecule has 0 aromatic heterocycles. The number of ether oxygens (including phenoxy) is 1. The number of rotatable bonds is 8. The second kappa shape index (κ2) is 8.33. The molecule has 2 rings (SSSR count). The van der Waals surface area contributed by atoms with Crippen molar-refractivity contribution in [2.24, 2.45) is 0 Å². The minimum Gasteiger partial charge on any atom is -0.497 e. The number of carbonyl (C=O) groups excluding carboxylic acids is 3. The van der Waals surface area contributed by atoms with Crippen LogP contribution in [0, 0.1) is 0 Å². The average Bonchev–Trinajstić information content (AvgIpc) is 2.81.